The minimum Gasteiger partial charge on any atom is -0.505 e. The second kappa shape index (κ2) is 3.92. The molecular weight excluding hydrogens is 222 g/mol. The van der Waals surface area contributed by atoms with Crippen molar-refractivity contribution >= 4 is 11.6 Å². The molecule has 1 aromatic heterocycles. The maximum atomic E-state index is 9.57. The standard InChI is InChI=1S/C13H18ClNO/c1-13(2,3)9-4-5-10-8(6-9)7-11(16)12(14)15-10/h7,9,16H,4-6H2,1-3H3. The third kappa shape index (κ3) is 2.17. The Morgan fingerprint density at radius 2 is 2.12 bits per heavy atom. The van der Waals surface area contributed by atoms with E-state index in [1.54, 1.807) is 6.07 Å². The lowest BCUT2D eigenvalue weighted by molar-refractivity contribution is 0.214. The summed E-state index contributed by atoms with van der Waals surface area (Å²) in [6, 6.07) is 1.78. The van der Waals surface area contributed by atoms with Gasteiger partial charge in [-0.15, -0.1) is 0 Å². The SMILES string of the molecule is CC(C)(C)C1CCc2nc(Cl)c(O)cc2C1. The average Bonchev–Trinajstić information content (AvgIpc) is 2.17. The van der Waals surface area contributed by atoms with Crippen LogP contribution in [-0.4, -0.2) is 10.1 Å². The number of hydrogen-bond acceptors (Lipinski definition) is 2. The molecule has 16 heavy (non-hydrogen) atoms. The zero-order valence-electron chi connectivity index (χ0n) is 10.0. The Bertz CT molecular complexity index is 409. The van der Waals surface area contributed by atoms with E-state index in [-0.39, 0.29) is 10.9 Å². The highest BCUT2D eigenvalue weighted by molar-refractivity contribution is 6.30. The van der Waals surface area contributed by atoms with Crippen molar-refractivity contribution in [3.8, 4) is 5.75 Å². The van der Waals surface area contributed by atoms with E-state index in [2.05, 4.69) is 25.8 Å². The van der Waals surface area contributed by atoms with Crippen molar-refractivity contribution in [2.75, 3.05) is 0 Å². The molecule has 0 saturated carbocycles. The van der Waals surface area contributed by atoms with Gasteiger partial charge in [-0.25, -0.2) is 4.98 Å². The van der Waals surface area contributed by atoms with Crippen LogP contribution < -0.4 is 0 Å². The molecule has 1 N–H and O–H groups in total. The largest absolute Gasteiger partial charge is 0.505 e. The van der Waals surface area contributed by atoms with Gasteiger partial charge in [0.2, 0.25) is 0 Å². The van der Waals surface area contributed by atoms with Crippen molar-refractivity contribution in [2.45, 2.75) is 40.0 Å². The van der Waals surface area contributed by atoms with E-state index in [0.717, 1.165) is 30.5 Å². The van der Waals surface area contributed by atoms with Crippen LogP contribution >= 0.6 is 11.6 Å². The Morgan fingerprint density at radius 1 is 1.44 bits per heavy atom. The number of fused-ring (bicyclic) bond motifs is 1. The molecule has 1 aliphatic carbocycles. The number of nitrogens with zero attached hydrogens (tertiary/aromatic N) is 1. The first kappa shape index (κ1) is 11.7. The van der Waals surface area contributed by atoms with Gasteiger partial charge in [0, 0.05) is 5.69 Å². The molecule has 0 saturated heterocycles. The summed E-state index contributed by atoms with van der Waals surface area (Å²) < 4.78 is 0. The molecule has 88 valence electrons. The first-order valence-electron chi connectivity index (χ1n) is 5.75. The van der Waals surface area contributed by atoms with Crippen LogP contribution in [0.4, 0.5) is 0 Å². The summed E-state index contributed by atoms with van der Waals surface area (Å²) in [4.78, 5) is 4.25. The second-order valence-electron chi connectivity index (χ2n) is 5.71. The van der Waals surface area contributed by atoms with E-state index in [4.69, 9.17) is 11.6 Å². The Hall–Kier alpha value is -0.760. The van der Waals surface area contributed by atoms with E-state index < -0.39 is 0 Å². The van der Waals surface area contributed by atoms with Gasteiger partial charge in [0.05, 0.1) is 0 Å². The summed E-state index contributed by atoms with van der Waals surface area (Å²) in [5.74, 6) is 0.761. The molecule has 3 heteroatoms. The van der Waals surface area contributed by atoms with Gasteiger partial charge in [-0.3, -0.25) is 0 Å². The lowest BCUT2D eigenvalue weighted by atomic mass is 9.71. The molecule has 0 amide bonds. The first-order chi connectivity index (χ1) is 7.38. The van der Waals surface area contributed by atoms with Gasteiger partial charge in [0.25, 0.3) is 0 Å². The molecule has 1 aliphatic rings. The van der Waals surface area contributed by atoms with Crippen LogP contribution in [0.1, 0.15) is 38.4 Å². The minimum atomic E-state index is 0.106. The zero-order chi connectivity index (χ0) is 11.9. The summed E-state index contributed by atoms with van der Waals surface area (Å²) in [6.07, 6.45) is 3.12. The first-order valence-corrected chi connectivity index (χ1v) is 6.13. The van der Waals surface area contributed by atoms with Gasteiger partial charge >= 0.3 is 0 Å². The maximum absolute atomic E-state index is 9.57. The van der Waals surface area contributed by atoms with E-state index >= 15 is 0 Å². The number of pyridine rings is 1. The number of aromatic nitrogens is 1. The molecule has 1 heterocycles. The molecule has 0 aromatic carbocycles. The Labute approximate surface area is 102 Å². The lowest BCUT2D eigenvalue weighted by Crippen LogP contribution is -2.27. The van der Waals surface area contributed by atoms with E-state index in [9.17, 15) is 5.11 Å². The predicted molar refractivity (Wildman–Crippen MR) is 65.9 cm³/mol. The van der Waals surface area contributed by atoms with Crippen molar-refractivity contribution in [1.29, 1.82) is 0 Å². The van der Waals surface area contributed by atoms with Gasteiger partial charge in [-0.2, -0.15) is 0 Å². The number of hydrogen-bond donors (Lipinski definition) is 1. The molecule has 1 atom stereocenters. The molecular formula is C13H18ClNO. The summed E-state index contributed by atoms with van der Waals surface area (Å²) >= 11 is 5.81. The van der Waals surface area contributed by atoms with E-state index in [1.165, 1.54) is 0 Å². The summed E-state index contributed by atoms with van der Waals surface area (Å²) in [5, 5.41) is 9.80. The normalized spacial score (nSPS) is 20.6. The van der Waals surface area contributed by atoms with Crippen molar-refractivity contribution in [3.05, 3.63) is 22.5 Å². The quantitative estimate of drug-likeness (QED) is 0.702. The van der Waals surface area contributed by atoms with Crippen LogP contribution in [0.2, 0.25) is 5.15 Å². The number of rotatable bonds is 0. The molecule has 2 rings (SSSR count). The Balaban J connectivity index is 2.31. The molecule has 0 bridgehead atoms. The number of aryl methyl sites for hydroxylation is 1. The molecule has 0 radical (unpaired) electrons. The van der Waals surface area contributed by atoms with Crippen molar-refractivity contribution < 1.29 is 5.11 Å². The molecule has 0 fully saturated rings. The third-order valence-corrected chi connectivity index (χ3v) is 3.82. The van der Waals surface area contributed by atoms with Crippen LogP contribution in [-0.2, 0) is 12.8 Å². The van der Waals surface area contributed by atoms with Crippen LogP contribution in [0.25, 0.3) is 0 Å². The van der Waals surface area contributed by atoms with Gasteiger partial charge in [-0.05, 0) is 42.2 Å². The summed E-state index contributed by atoms with van der Waals surface area (Å²) in [6.45, 7) is 6.81. The van der Waals surface area contributed by atoms with E-state index in [1.807, 2.05) is 0 Å². The summed E-state index contributed by atoms with van der Waals surface area (Å²) in [7, 11) is 0. The maximum Gasteiger partial charge on any atom is 0.171 e. The fraction of sp³-hybridized carbons (Fsp3) is 0.615. The van der Waals surface area contributed by atoms with Crippen LogP contribution in [0, 0.1) is 11.3 Å². The third-order valence-electron chi connectivity index (χ3n) is 3.55. The van der Waals surface area contributed by atoms with Crippen molar-refractivity contribution in [2.24, 2.45) is 11.3 Å². The molecule has 2 nitrogen and oxygen atoms in total. The minimum absolute atomic E-state index is 0.106. The highest BCUT2D eigenvalue weighted by atomic mass is 35.5. The topological polar surface area (TPSA) is 33.1 Å². The smallest absolute Gasteiger partial charge is 0.171 e. The van der Waals surface area contributed by atoms with Crippen molar-refractivity contribution in [1.82, 2.24) is 4.98 Å². The van der Waals surface area contributed by atoms with Gasteiger partial charge in [-0.1, -0.05) is 32.4 Å². The fourth-order valence-electron chi connectivity index (χ4n) is 2.37. The number of halogens is 1. The number of aromatic hydroxyl groups is 1. The average molecular weight is 240 g/mol. The fourth-order valence-corrected chi connectivity index (χ4v) is 2.52. The zero-order valence-corrected chi connectivity index (χ0v) is 10.8. The Morgan fingerprint density at radius 3 is 2.75 bits per heavy atom. The molecule has 0 spiro atoms. The van der Waals surface area contributed by atoms with Crippen molar-refractivity contribution in [3.63, 3.8) is 0 Å². The summed E-state index contributed by atoms with van der Waals surface area (Å²) in [5.41, 5.74) is 2.53. The van der Waals surface area contributed by atoms with Crippen LogP contribution in [0.5, 0.6) is 5.75 Å². The van der Waals surface area contributed by atoms with Gasteiger partial charge in [0.1, 0.15) is 0 Å². The van der Waals surface area contributed by atoms with Crippen LogP contribution in [0.3, 0.4) is 0 Å². The predicted octanol–water partition coefficient (Wildman–Crippen LogP) is 3.59. The lowest BCUT2D eigenvalue weighted by Gasteiger charge is -2.34. The molecule has 1 unspecified atom stereocenters. The van der Waals surface area contributed by atoms with Crippen LogP contribution in [0.15, 0.2) is 6.07 Å². The molecule has 0 aliphatic heterocycles. The second-order valence-corrected chi connectivity index (χ2v) is 6.07. The Kier molecular flexibility index (Phi) is 2.87. The molecule has 1 aromatic rings. The highest BCUT2D eigenvalue weighted by Gasteiger charge is 2.29. The highest BCUT2D eigenvalue weighted by Crippen LogP contribution is 2.38. The van der Waals surface area contributed by atoms with Gasteiger partial charge in [0.15, 0.2) is 10.9 Å². The monoisotopic (exact) mass is 239 g/mol. The van der Waals surface area contributed by atoms with Gasteiger partial charge < -0.3 is 5.11 Å². The van der Waals surface area contributed by atoms with E-state index in [0.29, 0.717) is 11.3 Å².